The van der Waals surface area contributed by atoms with E-state index in [0.29, 0.717) is 12.8 Å². The Kier molecular flexibility index (Phi) is 2.41. The first kappa shape index (κ1) is 7.98. The van der Waals surface area contributed by atoms with E-state index in [0.717, 1.165) is 0 Å². The molecule has 3 nitrogen and oxygen atoms in total. The lowest BCUT2D eigenvalue weighted by Crippen LogP contribution is -2.20. The van der Waals surface area contributed by atoms with Crippen LogP contribution in [0.15, 0.2) is 12.2 Å². The molecule has 0 bridgehead atoms. The van der Waals surface area contributed by atoms with E-state index in [2.05, 4.69) is 4.74 Å². The van der Waals surface area contributed by atoms with Crippen LogP contribution in [0.3, 0.4) is 0 Å². The Morgan fingerprint density at radius 3 is 3.00 bits per heavy atom. The van der Waals surface area contributed by atoms with Crippen molar-refractivity contribution in [3.8, 4) is 0 Å². The Bertz CT molecular complexity index is 205. The van der Waals surface area contributed by atoms with Crippen molar-refractivity contribution >= 4 is 11.8 Å². The fourth-order valence-electron chi connectivity index (χ4n) is 1.10. The molecule has 0 spiro atoms. The lowest BCUT2D eigenvalue weighted by Gasteiger charge is -2.13. The fraction of sp³-hybridized carbons (Fsp3) is 0.500. The number of rotatable bonds is 1. The molecule has 0 radical (unpaired) electrons. The molecule has 60 valence electrons. The summed E-state index contributed by atoms with van der Waals surface area (Å²) >= 11 is 0. The molecule has 0 saturated heterocycles. The molecule has 0 saturated carbocycles. The lowest BCUT2D eigenvalue weighted by atomic mass is 9.94. The van der Waals surface area contributed by atoms with Gasteiger partial charge in [0.15, 0.2) is 5.78 Å². The zero-order chi connectivity index (χ0) is 8.27. The third-order valence-electron chi connectivity index (χ3n) is 1.71. The third-order valence-corrected chi connectivity index (χ3v) is 1.71. The molecule has 1 rings (SSSR count). The predicted molar refractivity (Wildman–Crippen MR) is 38.9 cm³/mol. The zero-order valence-electron chi connectivity index (χ0n) is 6.37. The second-order valence-corrected chi connectivity index (χ2v) is 2.53. The van der Waals surface area contributed by atoms with Crippen molar-refractivity contribution in [3.05, 3.63) is 12.2 Å². The standard InChI is InChI=1S/C8H10O3/c1-11-8(10)6-3-2-4-7(9)5-6/h2,4,6H,3,5H2,1H3. The molecule has 0 aromatic carbocycles. The zero-order valence-corrected chi connectivity index (χ0v) is 6.37. The molecule has 0 amide bonds. The van der Waals surface area contributed by atoms with Gasteiger partial charge in [-0.15, -0.1) is 0 Å². The van der Waals surface area contributed by atoms with Crippen LogP contribution in [0.5, 0.6) is 0 Å². The van der Waals surface area contributed by atoms with Gasteiger partial charge in [0.2, 0.25) is 0 Å². The molecule has 0 aromatic heterocycles. The number of hydrogen-bond acceptors (Lipinski definition) is 3. The van der Waals surface area contributed by atoms with E-state index < -0.39 is 0 Å². The highest BCUT2D eigenvalue weighted by molar-refractivity contribution is 5.93. The fourth-order valence-corrected chi connectivity index (χ4v) is 1.10. The van der Waals surface area contributed by atoms with E-state index in [-0.39, 0.29) is 17.7 Å². The van der Waals surface area contributed by atoms with E-state index in [4.69, 9.17) is 0 Å². The molecule has 0 aromatic rings. The van der Waals surface area contributed by atoms with Crippen LogP contribution < -0.4 is 0 Å². The minimum Gasteiger partial charge on any atom is -0.469 e. The van der Waals surface area contributed by atoms with Gasteiger partial charge in [0.25, 0.3) is 0 Å². The maximum Gasteiger partial charge on any atom is 0.309 e. The maximum absolute atomic E-state index is 10.9. The van der Waals surface area contributed by atoms with Crippen molar-refractivity contribution in [3.63, 3.8) is 0 Å². The molecule has 0 N–H and O–H groups in total. The second-order valence-electron chi connectivity index (χ2n) is 2.53. The number of carbonyl (C=O) groups excluding carboxylic acids is 2. The largest absolute Gasteiger partial charge is 0.469 e. The Balaban J connectivity index is 2.56. The summed E-state index contributed by atoms with van der Waals surface area (Å²) in [7, 11) is 1.34. The smallest absolute Gasteiger partial charge is 0.309 e. The quantitative estimate of drug-likeness (QED) is 0.522. The lowest BCUT2D eigenvalue weighted by molar-refractivity contribution is -0.146. The SMILES string of the molecule is COC(=O)C1CC=CC(=O)C1. The molecule has 3 heteroatoms. The Hall–Kier alpha value is -1.12. The van der Waals surface area contributed by atoms with Gasteiger partial charge < -0.3 is 4.74 Å². The number of methoxy groups -OCH3 is 1. The summed E-state index contributed by atoms with van der Waals surface area (Å²) in [6.07, 6.45) is 4.15. The van der Waals surface area contributed by atoms with Gasteiger partial charge in [-0.05, 0) is 12.5 Å². The summed E-state index contributed by atoms with van der Waals surface area (Å²) in [4.78, 5) is 21.7. The first-order chi connectivity index (χ1) is 5.24. The number of hydrogen-bond donors (Lipinski definition) is 0. The second kappa shape index (κ2) is 3.32. The average Bonchev–Trinajstić information content (AvgIpc) is 2.03. The van der Waals surface area contributed by atoms with E-state index in [1.165, 1.54) is 13.2 Å². The van der Waals surface area contributed by atoms with E-state index in [9.17, 15) is 9.59 Å². The number of allylic oxidation sites excluding steroid dienone is 2. The molecule has 0 fully saturated rings. The predicted octanol–water partition coefficient (Wildman–Crippen LogP) is 0.695. The molecule has 1 atom stereocenters. The van der Waals surface area contributed by atoms with Gasteiger partial charge in [0.1, 0.15) is 0 Å². The molecule has 0 heterocycles. The number of esters is 1. The van der Waals surface area contributed by atoms with Crippen LogP contribution in [0.4, 0.5) is 0 Å². The highest BCUT2D eigenvalue weighted by Gasteiger charge is 2.22. The maximum atomic E-state index is 10.9. The van der Waals surface area contributed by atoms with Crippen molar-refractivity contribution in [2.75, 3.05) is 7.11 Å². The van der Waals surface area contributed by atoms with Crippen LogP contribution in [-0.4, -0.2) is 18.9 Å². The van der Waals surface area contributed by atoms with Gasteiger partial charge in [-0.1, -0.05) is 6.08 Å². The van der Waals surface area contributed by atoms with Gasteiger partial charge in [0.05, 0.1) is 13.0 Å². The molecule has 1 unspecified atom stereocenters. The Morgan fingerprint density at radius 2 is 2.45 bits per heavy atom. The first-order valence-electron chi connectivity index (χ1n) is 3.51. The number of carbonyl (C=O) groups is 2. The first-order valence-corrected chi connectivity index (χ1v) is 3.51. The third kappa shape index (κ3) is 1.90. The Labute approximate surface area is 65.0 Å². The summed E-state index contributed by atoms with van der Waals surface area (Å²) < 4.78 is 4.51. The molecular weight excluding hydrogens is 144 g/mol. The number of ether oxygens (including phenoxy) is 1. The van der Waals surface area contributed by atoms with Crippen LogP contribution >= 0.6 is 0 Å². The summed E-state index contributed by atoms with van der Waals surface area (Å²) in [6.45, 7) is 0. The minimum absolute atomic E-state index is 0.00616. The minimum atomic E-state index is -0.289. The summed E-state index contributed by atoms with van der Waals surface area (Å²) in [5.41, 5.74) is 0. The molecule has 0 aliphatic heterocycles. The summed E-state index contributed by atoms with van der Waals surface area (Å²) in [6, 6.07) is 0. The summed E-state index contributed by atoms with van der Waals surface area (Å²) in [5, 5.41) is 0. The van der Waals surface area contributed by atoms with Crippen LogP contribution in [0.25, 0.3) is 0 Å². The van der Waals surface area contributed by atoms with Crippen molar-refractivity contribution < 1.29 is 14.3 Å². The highest BCUT2D eigenvalue weighted by atomic mass is 16.5. The highest BCUT2D eigenvalue weighted by Crippen LogP contribution is 2.16. The molecular formula is C8H10O3. The topological polar surface area (TPSA) is 43.4 Å². The summed E-state index contributed by atoms with van der Waals surface area (Å²) in [5.74, 6) is -0.535. The van der Waals surface area contributed by atoms with Gasteiger partial charge in [-0.25, -0.2) is 0 Å². The van der Waals surface area contributed by atoms with Crippen LogP contribution in [0.1, 0.15) is 12.8 Å². The average molecular weight is 154 g/mol. The van der Waals surface area contributed by atoms with Crippen molar-refractivity contribution in [1.82, 2.24) is 0 Å². The normalized spacial score (nSPS) is 23.4. The molecule has 11 heavy (non-hydrogen) atoms. The van der Waals surface area contributed by atoms with Crippen LogP contribution in [-0.2, 0) is 14.3 Å². The Morgan fingerprint density at radius 1 is 1.73 bits per heavy atom. The van der Waals surface area contributed by atoms with E-state index >= 15 is 0 Å². The molecule has 1 aliphatic rings. The van der Waals surface area contributed by atoms with Crippen molar-refractivity contribution in [2.45, 2.75) is 12.8 Å². The van der Waals surface area contributed by atoms with Gasteiger partial charge in [-0.3, -0.25) is 9.59 Å². The monoisotopic (exact) mass is 154 g/mol. The van der Waals surface area contributed by atoms with Crippen molar-refractivity contribution in [2.24, 2.45) is 5.92 Å². The van der Waals surface area contributed by atoms with Crippen LogP contribution in [0, 0.1) is 5.92 Å². The number of ketones is 1. The van der Waals surface area contributed by atoms with Crippen molar-refractivity contribution in [1.29, 1.82) is 0 Å². The van der Waals surface area contributed by atoms with E-state index in [1.54, 1.807) is 6.08 Å². The van der Waals surface area contributed by atoms with Crippen LogP contribution in [0.2, 0.25) is 0 Å². The van der Waals surface area contributed by atoms with Gasteiger partial charge in [0, 0.05) is 6.42 Å². The van der Waals surface area contributed by atoms with Gasteiger partial charge in [-0.2, -0.15) is 0 Å². The van der Waals surface area contributed by atoms with E-state index in [1.807, 2.05) is 0 Å². The molecule has 1 aliphatic carbocycles. The van der Waals surface area contributed by atoms with Gasteiger partial charge >= 0.3 is 5.97 Å².